The van der Waals surface area contributed by atoms with E-state index < -0.39 is 0 Å². The van der Waals surface area contributed by atoms with Gasteiger partial charge in [-0.25, -0.2) is 4.98 Å². The van der Waals surface area contributed by atoms with Gasteiger partial charge in [0.25, 0.3) is 0 Å². The second-order valence-corrected chi connectivity index (χ2v) is 5.27. The highest BCUT2D eigenvalue weighted by molar-refractivity contribution is 5.38. The molecule has 18 heavy (non-hydrogen) atoms. The number of nitrogens with zero attached hydrogens (tertiary/aromatic N) is 2. The van der Waals surface area contributed by atoms with Crippen molar-refractivity contribution in [3.05, 3.63) is 53.6 Å². The summed E-state index contributed by atoms with van der Waals surface area (Å²) in [7, 11) is 2.04. The number of hydrogen-bond acceptors (Lipinski definition) is 2. The Hall–Kier alpha value is -1.61. The number of fused-ring (bicyclic) bond motifs is 1. The zero-order valence-corrected chi connectivity index (χ0v) is 10.8. The van der Waals surface area contributed by atoms with E-state index in [1.165, 1.54) is 11.1 Å². The Morgan fingerprint density at radius 3 is 3.00 bits per heavy atom. The molecule has 1 heterocycles. The first kappa shape index (κ1) is 11.5. The van der Waals surface area contributed by atoms with Crippen molar-refractivity contribution in [1.29, 1.82) is 0 Å². The molecule has 0 saturated heterocycles. The SMILES string of the molecule is Cn1ccnc1CCC1(N)CCc2ccccc21. The Labute approximate surface area is 108 Å². The van der Waals surface area contributed by atoms with Gasteiger partial charge in [0.2, 0.25) is 0 Å². The van der Waals surface area contributed by atoms with Crippen LogP contribution in [0.4, 0.5) is 0 Å². The van der Waals surface area contributed by atoms with Crippen LogP contribution in [0.3, 0.4) is 0 Å². The third-order valence-electron chi connectivity index (χ3n) is 4.11. The Kier molecular flexibility index (Phi) is 2.71. The quantitative estimate of drug-likeness (QED) is 0.895. The monoisotopic (exact) mass is 241 g/mol. The lowest BCUT2D eigenvalue weighted by Crippen LogP contribution is -2.34. The molecule has 0 aliphatic heterocycles. The van der Waals surface area contributed by atoms with E-state index in [2.05, 4.69) is 33.8 Å². The summed E-state index contributed by atoms with van der Waals surface area (Å²) >= 11 is 0. The van der Waals surface area contributed by atoms with Crippen LogP contribution in [0.15, 0.2) is 36.7 Å². The highest BCUT2D eigenvalue weighted by Crippen LogP contribution is 2.37. The van der Waals surface area contributed by atoms with Gasteiger partial charge in [0.1, 0.15) is 5.82 Å². The first-order valence-corrected chi connectivity index (χ1v) is 6.52. The third kappa shape index (κ3) is 1.85. The van der Waals surface area contributed by atoms with Crippen LogP contribution in [-0.4, -0.2) is 9.55 Å². The summed E-state index contributed by atoms with van der Waals surface area (Å²) in [6, 6.07) is 8.57. The van der Waals surface area contributed by atoms with Crippen molar-refractivity contribution in [3.63, 3.8) is 0 Å². The maximum atomic E-state index is 6.60. The van der Waals surface area contributed by atoms with Crippen molar-refractivity contribution in [2.45, 2.75) is 31.2 Å². The van der Waals surface area contributed by atoms with E-state index in [0.717, 1.165) is 31.5 Å². The Morgan fingerprint density at radius 2 is 2.22 bits per heavy atom. The van der Waals surface area contributed by atoms with Crippen LogP contribution in [0.25, 0.3) is 0 Å². The molecule has 2 N–H and O–H groups in total. The molecule has 0 spiro atoms. The van der Waals surface area contributed by atoms with Crippen LogP contribution in [0, 0.1) is 0 Å². The predicted molar refractivity (Wildman–Crippen MR) is 72.2 cm³/mol. The van der Waals surface area contributed by atoms with E-state index in [1.807, 2.05) is 19.4 Å². The van der Waals surface area contributed by atoms with E-state index >= 15 is 0 Å². The van der Waals surface area contributed by atoms with E-state index in [1.54, 1.807) is 0 Å². The molecule has 2 aromatic rings. The molecule has 3 heteroatoms. The standard InChI is InChI=1S/C15H19N3/c1-18-11-10-17-14(18)7-9-15(16)8-6-12-4-2-3-5-13(12)15/h2-5,10-11H,6-9,16H2,1H3. The lowest BCUT2D eigenvalue weighted by Gasteiger charge is -2.25. The summed E-state index contributed by atoms with van der Waals surface area (Å²) in [6.07, 6.45) is 7.90. The molecule has 0 radical (unpaired) electrons. The minimum atomic E-state index is -0.164. The fourth-order valence-electron chi connectivity index (χ4n) is 2.95. The smallest absolute Gasteiger partial charge is 0.108 e. The molecule has 1 atom stereocenters. The molecule has 1 aromatic carbocycles. The minimum Gasteiger partial charge on any atom is -0.338 e. The predicted octanol–water partition coefficient (Wildman–Crippen LogP) is 2.15. The molecule has 0 saturated carbocycles. The molecule has 0 bridgehead atoms. The molecular formula is C15H19N3. The summed E-state index contributed by atoms with van der Waals surface area (Å²) in [5.41, 5.74) is 9.19. The van der Waals surface area contributed by atoms with Gasteiger partial charge in [-0.2, -0.15) is 0 Å². The fourth-order valence-corrected chi connectivity index (χ4v) is 2.95. The van der Waals surface area contributed by atoms with Crippen LogP contribution in [0.1, 0.15) is 29.8 Å². The van der Waals surface area contributed by atoms with E-state index in [-0.39, 0.29) is 5.54 Å². The first-order valence-electron chi connectivity index (χ1n) is 6.52. The van der Waals surface area contributed by atoms with Gasteiger partial charge in [-0.05, 0) is 30.4 Å². The van der Waals surface area contributed by atoms with Crippen LogP contribution < -0.4 is 5.73 Å². The molecule has 0 amide bonds. The van der Waals surface area contributed by atoms with Crippen molar-refractivity contribution in [3.8, 4) is 0 Å². The molecular weight excluding hydrogens is 222 g/mol. The van der Waals surface area contributed by atoms with Gasteiger partial charge in [0.05, 0.1) is 0 Å². The number of benzene rings is 1. The average molecular weight is 241 g/mol. The summed E-state index contributed by atoms with van der Waals surface area (Å²) in [5.74, 6) is 1.12. The van der Waals surface area contributed by atoms with Crippen LogP contribution >= 0.6 is 0 Å². The van der Waals surface area contributed by atoms with Crippen molar-refractivity contribution in [2.24, 2.45) is 12.8 Å². The summed E-state index contributed by atoms with van der Waals surface area (Å²) in [6.45, 7) is 0. The fraction of sp³-hybridized carbons (Fsp3) is 0.400. The first-order chi connectivity index (χ1) is 8.69. The van der Waals surface area contributed by atoms with Gasteiger partial charge in [0.15, 0.2) is 0 Å². The normalized spacial score (nSPS) is 22.1. The van der Waals surface area contributed by atoms with Crippen molar-refractivity contribution in [2.75, 3.05) is 0 Å². The van der Waals surface area contributed by atoms with E-state index in [0.29, 0.717) is 0 Å². The van der Waals surface area contributed by atoms with Crippen molar-refractivity contribution in [1.82, 2.24) is 9.55 Å². The summed E-state index contributed by atoms with van der Waals surface area (Å²) in [4.78, 5) is 4.37. The van der Waals surface area contributed by atoms with E-state index in [9.17, 15) is 0 Å². The highest BCUT2D eigenvalue weighted by atomic mass is 15.0. The van der Waals surface area contributed by atoms with Gasteiger partial charge < -0.3 is 10.3 Å². The highest BCUT2D eigenvalue weighted by Gasteiger charge is 2.34. The Bertz CT molecular complexity index is 558. The van der Waals surface area contributed by atoms with Crippen molar-refractivity contribution < 1.29 is 0 Å². The lowest BCUT2D eigenvalue weighted by molar-refractivity contribution is 0.401. The van der Waals surface area contributed by atoms with Crippen LogP contribution in [0.5, 0.6) is 0 Å². The second kappa shape index (κ2) is 4.25. The number of rotatable bonds is 3. The molecule has 1 aliphatic rings. The summed E-state index contributed by atoms with van der Waals surface area (Å²) in [5, 5.41) is 0. The second-order valence-electron chi connectivity index (χ2n) is 5.27. The molecule has 3 nitrogen and oxygen atoms in total. The van der Waals surface area contributed by atoms with Crippen molar-refractivity contribution >= 4 is 0 Å². The number of imidazole rings is 1. The average Bonchev–Trinajstić information content (AvgIpc) is 2.93. The van der Waals surface area contributed by atoms with Crippen LogP contribution in [-0.2, 0) is 25.4 Å². The third-order valence-corrected chi connectivity index (χ3v) is 4.11. The molecule has 0 fully saturated rings. The lowest BCUT2D eigenvalue weighted by atomic mass is 9.88. The van der Waals surface area contributed by atoms with Gasteiger partial charge >= 0.3 is 0 Å². The van der Waals surface area contributed by atoms with Gasteiger partial charge in [-0.3, -0.25) is 0 Å². The largest absolute Gasteiger partial charge is 0.338 e. The molecule has 1 aliphatic carbocycles. The van der Waals surface area contributed by atoms with Crippen LogP contribution in [0.2, 0.25) is 0 Å². The number of aryl methyl sites for hydroxylation is 3. The maximum Gasteiger partial charge on any atom is 0.108 e. The topological polar surface area (TPSA) is 43.8 Å². The van der Waals surface area contributed by atoms with Gasteiger partial charge in [-0.15, -0.1) is 0 Å². The number of hydrogen-bond donors (Lipinski definition) is 1. The van der Waals surface area contributed by atoms with Gasteiger partial charge in [0, 0.05) is 31.4 Å². The van der Waals surface area contributed by atoms with Gasteiger partial charge in [-0.1, -0.05) is 24.3 Å². The minimum absolute atomic E-state index is 0.164. The Morgan fingerprint density at radius 1 is 1.39 bits per heavy atom. The zero-order chi connectivity index (χ0) is 12.6. The summed E-state index contributed by atoms with van der Waals surface area (Å²) < 4.78 is 2.07. The maximum absolute atomic E-state index is 6.60. The Balaban J connectivity index is 1.79. The molecule has 94 valence electrons. The molecule has 3 rings (SSSR count). The van der Waals surface area contributed by atoms with E-state index in [4.69, 9.17) is 5.73 Å². The number of nitrogens with two attached hydrogens (primary N) is 1. The molecule has 1 unspecified atom stereocenters. The number of aromatic nitrogens is 2. The zero-order valence-electron chi connectivity index (χ0n) is 10.8. The molecule has 1 aromatic heterocycles.